The molecule has 0 radical (unpaired) electrons. The van der Waals surface area contributed by atoms with E-state index in [1.807, 2.05) is 25.1 Å². The molecule has 26 heavy (non-hydrogen) atoms. The molecule has 0 saturated heterocycles. The Hall–Kier alpha value is -3.46. The van der Waals surface area contributed by atoms with E-state index < -0.39 is 11.7 Å². The van der Waals surface area contributed by atoms with Crippen LogP contribution in [0.4, 0.5) is 10.2 Å². The van der Waals surface area contributed by atoms with E-state index in [1.54, 1.807) is 12.1 Å². The molecule has 1 aromatic heterocycles. The van der Waals surface area contributed by atoms with Crippen molar-refractivity contribution >= 4 is 22.6 Å². The van der Waals surface area contributed by atoms with Gasteiger partial charge in [0.05, 0.1) is 16.6 Å². The van der Waals surface area contributed by atoms with Crippen molar-refractivity contribution in [3.05, 3.63) is 71.0 Å². The highest BCUT2D eigenvalue weighted by Gasteiger charge is 2.11. The second kappa shape index (κ2) is 7.62. The molecule has 2 aromatic carbocycles. The van der Waals surface area contributed by atoms with Crippen molar-refractivity contribution in [3.8, 4) is 6.07 Å². The van der Waals surface area contributed by atoms with Crippen molar-refractivity contribution in [1.29, 1.82) is 5.26 Å². The van der Waals surface area contributed by atoms with E-state index in [0.717, 1.165) is 16.5 Å². The topological polar surface area (TPSA) is 77.8 Å². The molecule has 0 aliphatic carbocycles. The van der Waals surface area contributed by atoms with E-state index in [2.05, 4.69) is 21.7 Å². The minimum atomic E-state index is -0.559. The summed E-state index contributed by atoms with van der Waals surface area (Å²) in [6.45, 7) is 2.59. The summed E-state index contributed by atoms with van der Waals surface area (Å²) in [5.74, 6) is -0.571. The third-order valence-corrected chi connectivity index (χ3v) is 3.99. The molecular weight excluding hydrogens is 331 g/mol. The number of anilines is 1. The van der Waals surface area contributed by atoms with E-state index in [4.69, 9.17) is 0 Å². The molecule has 1 heterocycles. The van der Waals surface area contributed by atoms with Gasteiger partial charge in [-0.3, -0.25) is 4.79 Å². The number of nitrogens with one attached hydrogen (secondary N) is 2. The largest absolute Gasteiger partial charge is 0.367 e. The predicted octanol–water partition coefficient (Wildman–Crippen LogP) is 3.40. The van der Waals surface area contributed by atoms with Crippen LogP contribution in [0.3, 0.4) is 0 Å². The molecular formula is C20H17FN4O. The number of amides is 1. The molecule has 1 amide bonds. The zero-order chi connectivity index (χ0) is 18.5. The number of nitriles is 1. The van der Waals surface area contributed by atoms with Crippen LogP contribution in [-0.2, 0) is 0 Å². The van der Waals surface area contributed by atoms with Crippen LogP contribution in [0.25, 0.3) is 10.9 Å². The lowest BCUT2D eigenvalue weighted by atomic mass is 10.1. The van der Waals surface area contributed by atoms with E-state index >= 15 is 0 Å². The molecule has 130 valence electrons. The molecule has 3 aromatic rings. The Morgan fingerprint density at radius 1 is 1.19 bits per heavy atom. The van der Waals surface area contributed by atoms with Gasteiger partial charge in [-0.25, -0.2) is 9.37 Å². The molecule has 0 aliphatic heterocycles. The Labute approximate surface area is 150 Å². The highest BCUT2D eigenvalue weighted by atomic mass is 19.1. The molecule has 5 nitrogen and oxygen atoms in total. The third kappa shape index (κ3) is 3.62. The fraction of sp³-hybridized carbons (Fsp3) is 0.150. The van der Waals surface area contributed by atoms with E-state index in [1.165, 1.54) is 18.2 Å². The lowest BCUT2D eigenvalue weighted by Crippen LogP contribution is -2.29. The van der Waals surface area contributed by atoms with Crippen molar-refractivity contribution in [1.82, 2.24) is 10.3 Å². The molecule has 0 atom stereocenters. The van der Waals surface area contributed by atoms with Crippen LogP contribution in [0.15, 0.2) is 48.5 Å². The Balaban J connectivity index is 1.66. The van der Waals surface area contributed by atoms with Crippen LogP contribution in [0.2, 0.25) is 0 Å². The van der Waals surface area contributed by atoms with Gasteiger partial charge in [0.25, 0.3) is 5.91 Å². The number of pyridine rings is 1. The molecule has 0 fully saturated rings. The molecule has 2 N–H and O–H groups in total. The van der Waals surface area contributed by atoms with Gasteiger partial charge in [-0.05, 0) is 30.7 Å². The normalized spacial score (nSPS) is 10.3. The van der Waals surface area contributed by atoms with Crippen LogP contribution in [0.5, 0.6) is 0 Å². The minimum absolute atomic E-state index is 0.00432. The molecule has 0 spiro atoms. The zero-order valence-electron chi connectivity index (χ0n) is 14.2. The summed E-state index contributed by atoms with van der Waals surface area (Å²) >= 11 is 0. The first-order chi connectivity index (χ1) is 12.6. The molecule has 0 bridgehead atoms. The van der Waals surface area contributed by atoms with Gasteiger partial charge in [-0.2, -0.15) is 5.26 Å². The molecule has 0 unspecified atom stereocenters. The summed E-state index contributed by atoms with van der Waals surface area (Å²) in [5, 5.41) is 15.9. The van der Waals surface area contributed by atoms with Gasteiger partial charge in [-0.1, -0.05) is 30.3 Å². The number of aryl methyl sites for hydroxylation is 1. The SMILES string of the molecule is Cc1cccc2cc(C#N)c(NCCNC(=O)c3ccccc3F)nc12. The minimum Gasteiger partial charge on any atom is -0.367 e. The maximum Gasteiger partial charge on any atom is 0.254 e. The molecule has 6 heteroatoms. The maximum absolute atomic E-state index is 13.6. The fourth-order valence-corrected chi connectivity index (χ4v) is 2.66. The Morgan fingerprint density at radius 3 is 2.77 bits per heavy atom. The zero-order valence-corrected chi connectivity index (χ0v) is 14.2. The van der Waals surface area contributed by atoms with Gasteiger partial charge in [0, 0.05) is 18.5 Å². The Kier molecular flexibility index (Phi) is 5.09. The van der Waals surface area contributed by atoms with E-state index in [0.29, 0.717) is 17.9 Å². The van der Waals surface area contributed by atoms with Gasteiger partial charge in [-0.15, -0.1) is 0 Å². The smallest absolute Gasteiger partial charge is 0.254 e. The van der Waals surface area contributed by atoms with Gasteiger partial charge in [0.1, 0.15) is 17.7 Å². The number of halogens is 1. The monoisotopic (exact) mass is 348 g/mol. The number of rotatable bonds is 5. The first kappa shape index (κ1) is 17.4. The third-order valence-electron chi connectivity index (χ3n) is 3.99. The summed E-state index contributed by atoms with van der Waals surface area (Å²) in [6, 6.07) is 15.5. The van der Waals surface area contributed by atoms with Gasteiger partial charge >= 0.3 is 0 Å². The van der Waals surface area contributed by atoms with Gasteiger partial charge in [0.2, 0.25) is 0 Å². The van der Waals surface area contributed by atoms with Crippen LogP contribution in [0, 0.1) is 24.1 Å². The number of benzene rings is 2. The number of carbonyl (C=O) groups is 1. The summed E-state index contributed by atoms with van der Waals surface area (Å²) in [7, 11) is 0. The van der Waals surface area contributed by atoms with Crippen LogP contribution in [0.1, 0.15) is 21.5 Å². The number of hydrogen-bond donors (Lipinski definition) is 2. The highest BCUT2D eigenvalue weighted by Crippen LogP contribution is 2.22. The van der Waals surface area contributed by atoms with Crippen molar-refractivity contribution in [3.63, 3.8) is 0 Å². The quantitative estimate of drug-likeness (QED) is 0.693. The second-order valence-corrected chi connectivity index (χ2v) is 5.81. The number of carbonyl (C=O) groups excluding carboxylic acids is 1. The summed E-state index contributed by atoms with van der Waals surface area (Å²) < 4.78 is 13.6. The Morgan fingerprint density at radius 2 is 2.00 bits per heavy atom. The number of nitrogens with zero attached hydrogens (tertiary/aromatic N) is 2. The predicted molar refractivity (Wildman–Crippen MR) is 98.4 cm³/mol. The second-order valence-electron chi connectivity index (χ2n) is 5.81. The van der Waals surface area contributed by atoms with Crippen molar-refractivity contribution in [2.75, 3.05) is 18.4 Å². The highest BCUT2D eigenvalue weighted by molar-refractivity contribution is 5.94. The standard InChI is InChI=1S/C20H17FN4O/c1-13-5-4-6-14-11-15(12-22)19(25-18(13)14)23-9-10-24-20(26)16-7-2-3-8-17(16)21/h2-8,11H,9-10H2,1H3,(H,23,25)(H,24,26). The van der Waals surface area contributed by atoms with Gasteiger partial charge in [0.15, 0.2) is 0 Å². The number of para-hydroxylation sites is 1. The van der Waals surface area contributed by atoms with Crippen molar-refractivity contribution in [2.24, 2.45) is 0 Å². The summed E-state index contributed by atoms with van der Waals surface area (Å²) in [6.07, 6.45) is 0. The van der Waals surface area contributed by atoms with Crippen molar-refractivity contribution in [2.45, 2.75) is 6.92 Å². The number of fused-ring (bicyclic) bond motifs is 1. The van der Waals surface area contributed by atoms with E-state index in [-0.39, 0.29) is 12.1 Å². The Bertz CT molecular complexity index is 1010. The fourth-order valence-electron chi connectivity index (χ4n) is 2.66. The van der Waals surface area contributed by atoms with Crippen LogP contribution < -0.4 is 10.6 Å². The summed E-state index contributed by atoms with van der Waals surface area (Å²) in [5.41, 5.74) is 2.28. The molecule has 0 aliphatic rings. The van der Waals surface area contributed by atoms with Crippen LogP contribution in [-0.4, -0.2) is 24.0 Å². The van der Waals surface area contributed by atoms with E-state index in [9.17, 15) is 14.4 Å². The number of hydrogen-bond acceptors (Lipinski definition) is 4. The average molecular weight is 348 g/mol. The van der Waals surface area contributed by atoms with Crippen molar-refractivity contribution < 1.29 is 9.18 Å². The van der Waals surface area contributed by atoms with Crippen LogP contribution >= 0.6 is 0 Å². The summed E-state index contributed by atoms with van der Waals surface area (Å²) in [4.78, 5) is 16.5. The lowest BCUT2D eigenvalue weighted by Gasteiger charge is -2.11. The lowest BCUT2D eigenvalue weighted by molar-refractivity contribution is 0.0951. The first-order valence-corrected chi connectivity index (χ1v) is 8.17. The molecule has 3 rings (SSSR count). The van der Waals surface area contributed by atoms with Gasteiger partial charge < -0.3 is 10.6 Å². The molecule has 0 saturated carbocycles. The average Bonchev–Trinajstić information content (AvgIpc) is 2.65. The number of aromatic nitrogens is 1. The maximum atomic E-state index is 13.6. The first-order valence-electron chi connectivity index (χ1n) is 8.17.